The molecular formula is C14H17N3O2. The lowest BCUT2D eigenvalue weighted by atomic mass is 10.1. The van der Waals surface area contributed by atoms with Crippen LogP contribution in [0.5, 0.6) is 0 Å². The molecule has 1 fully saturated rings. The van der Waals surface area contributed by atoms with Gasteiger partial charge in [0, 0.05) is 25.8 Å². The normalized spacial score (nSPS) is 19.2. The summed E-state index contributed by atoms with van der Waals surface area (Å²) in [6.45, 7) is 2.19. The molecule has 3 rings (SSSR count). The topological polar surface area (TPSA) is 52.7 Å². The maximum Gasteiger partial charge on any atom is 0.256 e. The molecule has 1 saturated heterocycles. The van der Waals surface area contributed by atoms with E-state index in [1.807, 2.05) is 18.2 Å². The molecule has 2 aliphatic heterocycles. The Morgan fingerprint density at radius 3 is 2.63 bits per heavy atom. The number of fused-ring (bicyclic) bond motifs is 1. The Morgan fingerprint density at radius 2 is 1.89 bits per heavy atom. The molecule has 5 heteroatoms. The maximum absolute atomic E-state index is 12.1. The van der Waals surface area contributed by atoms with Crippen LogP contribution in [0.25, 0.3) is 0 Å². The van der Waals surface area contributed by atoms with Crippen LogP contribution in [0.15, 0.2) is 18.2 Å². The molecule has 2 aliphatic rings. The van der Waals surface area contributed by atoms with Crippen LogP contribution in [0.3, 0.4) is 0 Å². The predicted molar refractivity (Wildman–Crippen MR) is 73.5 cm³/mol. The van der Waals surface area contributed by atoms with Gasteiger partial charge in [-0.1, -0.05) is 0 Å². The van der Waals surface area contributed by atoms with Gasteiger partial charge in [-0.2, -0.15) is 0 Å². The number of carbonyl (C=O) groups excluding carboxylic acids is 2. The van der Waals surface area contributed by atoms with E-state index in [4.69, 9.17) is 0 Å². The summed E-state index contributed by atoms with van der Waals surface area (Å²) in [6.07, 6.45) is 2.40. The SMILES string of the molecule is CN1CC(=O)Nc2cc(N3CCCC3)ccc2C1=O. The van der Waals surface area contributed by atoms with Gasteiger partial charge in [0.25, 0.3) is 5.91 Å². The second-order valence-corrected chi connectivity index (χ2v) is 5.13. The summed E-state index contributed by atoms with van der Waals surface area (Å²) in [5.41, 5.74) is 2.27. The number of likely N-dealkylation sites (N-methyl/N-ethyl adjacent to an activating group) is 1. The Labute approximate surface area is 112 Å². The van der Waals surface area contributed by atoms with Crippen LogP contribution in [0, 0.1) is 0 Å². The van der Waals surface area contributed by atoms with Gasteiger partial charge in [0.15, 0.2) is 0 Å². The molecule has 0 unspecified atom stereocenters. The number of rotatable bonds is 1. The average molecular weight is 259 g/mol. The van der Waals surface area contributed by atoms with Gasteiger partial charge < -0.3 is 15.1 Å². The van der Waals surface area contributed by atoms with Crippen LogP contribution >= 0.6 is 0 Å². The van der Waals surface area contributed by atoms with E-state index >= 15 is 0 Å². The predicted octanol–water partition coefficient (Wildman–Crippen LogP) is 1.31. The molecule has 1 N–H and O–H groups in total. The Balaban J connectivity index is 1.99. The fourth-order valence-corrected chi connectivity index (χ4v) is 2.68. The average Bonchev–Trinajstić information content (AvgIpc) is 2.88. The smallest absolute Gasteiger partial charge is 0.256 e. The monoisotopic (exact) mass is 259 g/mol. The zero-order valence-electron chi connectivity index (χ0n) is 11.0. The summed E-state index contributed by atoms with van der Waals surface area (Å²) in [5.74, 6) is -0.255. The molecule has 0 aromatic heterocycles. The third kappa shape index (κ3) is 2.16. The molecule has 0 saturated carbocycles. The molecule has 2 amide bonds. The quantitative estimate of drug-likeness (QED) is 0.827. The van der Waals surface area contributed by atoms with Gasteiger partial charge in [-0.25, -0.2) is 0 Å². The van der Waals surface area contributed by atoms with Gasteiger partial charge in [0.1, 0.15) is 0 Å². The van der Waals surface area contributed by atoms with Crippen molar-refractivity contribution >= 4 is 23.2 Å². The highest BCUT2D eigenvalue weighted by Gasteiger charge is 2.24. The zero-order chi connectivity index (χ0) is 13.4. The van der Waals surface area contributed by atoms with Crippen molar-refractivity contribution in [2.24, 2.45) is 0 Å². The third-order valence-electron chi connectivity index (χ3n) is 3.71. The first-order valence-corrected chi connectivity index (χ1v) is 6.59. The van der Waals surface area contributed by atoms with Crippen LogP contribution in [0.2, 0.25) is 0 Å². The lowest BCUT2D eigenvalue weighted by molar-refractivity contribution is -0.116. The molecule has 19 heavy (non-hydrogen) atoms. The van der Waals surface area contributed by atoms with Gasteiger partial charge in [0.2, 0.25) is 5.91 Å². The van der Waals surface area contributed by atoms with Gasteiger partial charge in [0.05, 0.1) is 17.8 Å². The van der Waals surface area contributed by atoms with Gasteiger partial charge in [-0.15, -0.1) is 0 Å². The zero-order valence-corrected chi connectivity index (χ0v) is 11.0. The summed E-state index contributed by atoms with van der Waals surface area (Å²) in [5, 5.41) is 2.82. The van der Waals surface area contributed by atoms with E-state index in [9.17, 15) is 9.59 Å². The highest BCUT2D eigenvalue weighted by Crippen LogP contribution is 2.28. The minimum atomic E-state index is -0.145. The highest BCUT2D eigenvalue weighted by molar-refractivity contribution is 6.08. The molecule has 0 spiro atoms. The van der Waals surface area contributed by atoms with Crippen molar-refractivity contribution in [3.8, 4) is 0 Å². The third-order valence-corrected chi connectivity index (χ3v) is 3.71. The molecule has 0 bridgehead atoms. The van der Waals surface area contributed by atoms with E-state index in [-0.39, 0.29) is 18.4 Å². The van der Waals surface area contributed by atoms with Crippen LogP contribution < -0.4 is 10.2 Å². The summed E-state index contributed by atoms with van der Waals surface area (Å²) in [6, 6.07) is 5.69. The first-order valence-electron chi connectivity index (χ1n) is 6.59. The number of nitrogens with one attached hydrogen (secondary N) is 1. The van der Waals surface area contributed by atoms with Crippen molar-refractivity contribution in [2.75, 3.05) is 36.9 Å². The molecule has 0 aliphatic carbocycles. The van der Waals surface area contributed by atoms with E-state index in [2.05, 4.69) is 10.2 Å². The van der Waals surface area contributed by atoms with Gasteiger partial charge >= 0.3 is 0 Å². The van der Waals surface area contributed by atoms with E-state index in [0.717, 1.165) is 18.8 Å². The van der Waals surface area contributed by atoms with E-state index in [1.165, 1.54) is 17.7 Å². The van der Waals surface area contributed by atoms with Crippen LogP contribution in [-0.4, -0.2) is 43.4 Å². The molecular weight excluding hydrogens is 242 g/mol. The van der Waals surface area contributed by atoms with Crippen molar-refractivity contribution in [2.45, 2.75) is 12.8 Å². The van der Waals surface area contributed by atoms with E-state index in [1.54, 1.807) is 7.05 Å². The molecule has 5 nitrogen and oxygen atoms in total. The Bertz CT molecular complexity index is 535. The van der Waals surface area contributed by atoms with Crippen molar-refractivity contribution in [3.05, 3.63) is 23.8 Å². The number of hydrogen-bond donors (Lipinski definition) is 1. The first kappa shape index (κ1) is 12.0. The number of benzene rings is 1. The number of hydrogen-bond acceptors (Lipinski definition) is 3. The number of carbonyl (C=O) groups is 2. The fourth-order valence-electron chi connectivity index (χ4n) is 2.68. The largest absolute Gasteiger partial charge is 0.371 e. The summed E-state index contributed by atoms with van der Waals surface area (Å²) < 4.78 is 0. The Kier molecular flexibility index (Phi) is 2.89. The standard InChI is InChI=1S/C14H17N3O2/c1-16-9-13(18)15-12-8-10(17-6-2-3-7-17)4-5-11(12)14(16)19/h4-5,8H,2-3,6-7,9H2,1H3,(H,15,18). The molecule has 0 radical (unpaired) electrons. The second kappa shape index (κ2) is 4.57. The lowest BCUT2D eigenvalue weighted by Gasteiger charge is -2.19. The summed E-state index contributed by atoms with van der Waals surface area (Å²) in [4.78, 5) is 27.6. The molecule has 0 atom stereocenters. The van der Waals surface area contributed by atoms with Crippen molar-refractivity contribution in [1.29, 1.82) is 0 Å². The highest BCUT2D eigenvalue weighted by atomic mass is 16.2. The molecule has 1 aromatic rings. The Morgan fingerprint density at radius 1 is 1.16 bits per heavy atom. The van der Waals surface area contributed by atoms with Crippen LogP contribution in [0.1, 0.15) is 23.2 Å². The number of nitrogens with zero attached hydrogens (tertiary/aromatic N) is 2. The second-order valence-electron chi connectivity index (χ2n) is 5.13. The fraction of sp³-hybridized carbons (Fsp3) is 0.429. The maximum atomic E-state index is 12.1. The van der Waals surface area contributed by atoms with Crippen molar-refractivity contribution in [1.82, 2.24) is 4.90 Å². The van der Waals surface area contributed by atoms with Crippen LogP contribution in [-0.2, 0) is 4.79 Å². The molecule has 1 aromatic carbocycles. The van der Waals surface area contributed by atoms with E-state index < -0.39 is 0 Å². The molecule has 2 heterocycles. The number of anilines is 2. The summed E-state index contributed by atoms with van der Waals surface area (Å²) >= 11 is 0. The Hall–Kier alpha value is -2.04. The summed E-state index contributed by atoms with van der Waals surface area (Å²) in [7, 11) is 1.64. The number of amides is 2. The van der Waals surface area contributed by atoms with Crippen molar-refractivity contribution in [3.63, 3.8) is 0 Å². The minimum Gasteiger partial charge on any atom is -0.371 e. The van der Waals surface area contributed by atoms with Gasteiger partial charge in [-0.3, -0.25) is 9.59 Å². The lowest BCUT2D eigenvalue weighted by Crippen LogP contribution is -2.31. The van der Waals surface area contributed by atoms with Crippen molar-refractivity contribution < 1.29 is 9.59 Å². The van der Waals surface area contributed by atoms with Crippen LogP contribution in [0.4, 0.5) is 11.4 Å². The van der Waals surface area contributed by atoms with E-state index in [0.29, 0.717) is 11.3 Å². The molecule has 100 valence electrons. The van der Waals surface area contributed by atoms with Gasteiger partial charge in [-0.05, 0) is 31.0 Å². The minimum absolute atomic E-state index is 0.104. The first-order chi connectivity index (χ1) is 9.15.